The second-order valence-electron chi connectivity index (χ2n) is 4.26. The van der Waals surface area contributed by atoms with Crippen molar-refractivity contribution in [2.45, 2.75) is 20.0 Å². The van der Waals surface area contributed by atoms with Gasteiger partial charge in [0, 0.05) is 21.5 Å². The lowest BCUT2D eigenvalue weighted by molar-refractivity contribution is 0.0549. The van der Waals surface area contributed by atoms with E-state index in [2.05, 4.69) is 15.9 Å². The number of halogens is 2. The van der Waals surface area contributed by atoms with Crippen molar-refractivity contribution in [3.8, 4) is 0 Å². The van der Waals surface area contributed by atoms with E-state index in [4.69, 9.17) is 17.3 Å². The zero-order valence-electron chi connectivity index (χ0n) is 8.80. The predicted octanol–water partition coefficient (Wildman–Crippen LogP) is 3.12. The molecular weight excluding hydrogens is 277 g/mol. The van der Waals surface area contributed by atoms with E-state index in [1.54, 1.807) is 12.1 Å². The summed E-state index contributed by atoms with van der Waals surface area (Å²) in [6.07, 6.45) is -0.603. The fraction of sp³-hybridized carbons (Fsp3) is 0.455. The van der Waals surface area contributed by atoms with E-state index >= 15 is 0 Å². The Morgan fingerprint density at radius 2 is 2.13 bits per heavy atom. The van der Waals surface area contributed by atoms with Gasteiger partial charge in [-0.25, -0.2) is 0 Å². The third-order valence-corrected chi connectivity index (χ3v) is 3.45. The smallest absolute Gasteiger partial charge is 0.0863 e. The zero-order valence-corrected chi connectivity index (χ0v) is 11.1. The van der Waals surface area contributed by atoms with Gasteiger partial charge in [0.25, 0.3) is 0 Å². The largest absolute Gasteiger partial charge is 0.388 e. The summed E-state index contributed by atoms with van der Waals surface area (Å²) in [7, 11) is 0. The third-order valence-electron chi connectivity index (χ3n) is 2.52. The van der Waals surface area contributed by atoms with Crippen molar-refractivity contribution < 1.29 is 5.11 Å². The van der Waals surface area contributed by atoms with Crippen LogP contribution in [0.3, 0.4) is 0 Å². The second kappa shape index (κ2) is 4.83. The summed E-state index contributed by atoms with van der Waals surface area (Å²) in [5.41, 5.74) is 6.09. The van der Waals surface area contributed by atoms with Gasteiger partial charge in [0.1, 0.15) is 0 Å². The van der Waals surface area contributed by atoms with Crippen LogP contribution < -0.4 is 5.73 Å². The number of aliphatic hydroxyl groups excluding tert-OH is 1. The van der Waals surface area contributed by atoms with Crippen LogP contribution in [0.1, 0.15) is 25.5 Å². The van der Waals surface area contributed by atoms with Crippen molar-refractivity contribution in [3.05, 3.63) is 33.3 Å². The molecule has 2 nitrogen and oxygen atoms in total. The van der Waals surface area contributed by atoms with Crippen LogP contribution >= 0.6 is 27.5 Å². The van der Waals surface area contributed by atoms with Crippen molar-refractivity contribution in [1.29, 1.82) is 0 Å². The lowest BCUT2D eigenvalue weighted by Gasteiger charge is -2.29. The van der Waals surface area contributed by atoms with E-state index in [0.29, 0.717) is 11.6 Å². The molecule has 1 unspecified atom stereocenters. The Labute approximate surface area is 104 Å². The number of rotatable bonds is 3. The molecule has 0 aliphatic rings. The fourth-order valence-electron chi connectivity index (χ4n) is 1.26. The lowest BCUT2D eigenvalue weighted by atomic mass is 9.83. The molecule has 15 heavy (non-hydrogen) atoms. The van der Waals surface area contributed by atoms with Gasteiger partial charge in [-0.15, -0.1) is 0 Å². The van der Waals surface area contributed by atoms with E-state index in [0.717, 1.165) is 10.0 Å². The number of hydrogen-bond acceptors (Lipinski definition) is 2. The van der Waals surface area contributed by atoms with Crippen molar-refractivity contribution in [2.75, 3.05) is 6.54 Å². The minimum Gasteiger partial charge on any atom is -0.388 e. The molecule has 0 radical (unpaired) electrons. The average Bonchev–Trinajstić information content (AvgIpc) is 2.17. The quantitative estimate of drug-likeness (QED) is 0.899. The van der Waals surface area contributed by atoms with Gasteiger partial charge in [0.05, 0.1) is 6.10 Å². The summed E-state index contributed by atoms with van der Waals surface area (Å²) >= 11 is 9.22. The van der Waals surface area contributed by atoms with E-state index in [1.165, 1.54) is 0 Å². The molecular formula is C11H15BrClNO. The normalized spacial score (nSPS) is 14.0. The summed E-state index contributed by atoms with van der Waals surface area (Å²) in [5, 5.41) is 10.8. The van der Waals surface area contributed by atoms with Gasteiger partial charge < -0.3 is 10.8 Å². The minimum absolute atomic E-state index is 0.351. The highest BCUT2D eigenvalue weighted by atomic mass is 79.9. The lowest BCUT2D eigenvalue weighted by Crippen LogP contribution is -2.30. The third kappa shape index (κ3) is 2.94. The van der Waals surface area contributed by atoms with Crippen molar-refractivity contribution in [3.63, 3.8) is 0 Å². The van der Waals surface area contributed by atoms with E-state index < -0.39 is 6.10 Å². The van der Waals surface area contributed by atoms with Gasteiger partial charge in [-0.05, 0) is 17.7 Å². The topological polar surface area (TPSA) is 46.2 Å². The highest BCUT2D eigenvalue weighted by Crippen LogP contribution is 2.36. The molecule has 3 N–H and O–H groups in total. The number of hydrogen-bond donors (Lipinski definition) is 2. The molecule has 0 spiro atoms. The van der Waals surface area contributed by atoms with Gasteiger partial charge in [0.2, 0.25) is 0 Å². The van der Waals surface area contributed by atoms with Crippen LogP contribution in [0.2, 0.25) is 5.02 Å². The molecule has 0 saturated heterocycles. The second-order valence-corrected chi connectivity index (χ2v) is 5.55. The number of aliphatic hydroxyl groups is 1. The first-order valence-corrected chi connectivity index (χ1v) is 5.88. The Bertz CT molecular complexity index is 354. The maximum absolute atomic E-state index is 10.2. The molecule has 84 valence electrons. The summed E-state index contributed by atoms with van der Waals surface area (Å²) in [6, 6.07) is 5.35. The minimum atomic E-state index is -0.603. The Balaban J connectivity index is 3.06. The van der Waals surface area contributed by atoms with Crippen LogP contribution in [0.5, 0.6) is 0 Å². The molecule has 1 atom stereocenters. The molecule has 0 bridgehead atoms. The van der Waals surface area contributed by atoms with Gasteiger partial charge >= 0.3 is 0 Å². The van der Waals surface area contributed by atoms with Gasteiger partial charge in [0.15, 0.2) is 0 Å². The maximum Gasteiger partial charge on any atom is 0.0863 e. The van der Waals surface area contributed by atoms with Gasteiger partial charge in [-0.2, -0.15) is 0 Å². The van der Waals surface area contributed by atoms with Crippen LogP contribution in [0.15, 0.2) is 22.7 Å². The maximum atomic E-state index is 10.2. The standard InChI is InChI=1S/C11H15BrClNO/c1-11(2,6-14)10(15)8-4-3-7(13)5-9(8)12/h3-5,10,15H,6,14H2,1-2H3. The predicted molar refractivity (Wildman–Crippen MR) is 66.9 cm³/mol. The number of benzene rings is 1. The molecule has 0 heterocycles. The fourth-order valence-corrected chi connectivity index (χ4v) is 2.16. The highest BCUT2D eigenvalue weighted by molar-refractivity contribution is 9.10. The van der Waals surface area contributed by atoms with Crippen LogP contribution in [0.25, 0.3) is 0 Å². The Hall–Kier alpha value is -0.0900. The first-order chi connectivity index (χ1) is 6.88. The summed E-state index contributed by atoms with van der Waals surface area (Å²) in [5.74, 6) is 0. The Kier molecular flexibility index (Phi) is 4.18. The molecule has 0 saturated carbocycles. The molecule has 0 amide bonds. The van der Waals surface area contributed by atoms with Crippen molar-refractivity contribution in [1.82, 2.24) is 0 Å². The first-order valence-electron chi connectivity index (χ1n) is 4.71. The molecule has 1 rings (SSSR count). The first kappa shape index (κ1) is 13.0. The van der Waals surface area contributed by atoms with E-state index in [-0.39, 0.29) is 5.41 Å². The van der Waals surface area contributed by atoms with Crippen LogP contribution in [-0.4, -0.2) is 11.7 Å². The van der Waals surface area contributed by atoms with Crippen molar-refractivity contribution in [2.24, 2.45) is 11.1 Å². The summed E-state index contributed by atoms with van der Waals surface area (Å²) < 4.78 is 0.809. The summed E-state index contributed by atoms with van der Waals surface area (Å²) in [6.45, 7) is 4.28. The SMILES string of the molecule is CC(C)(CN)C(O)c1ccc(Cl)cc1Br. The van der Waals surface area contributed by atoms with E-state index in [1.807, 2.05) is 19.9 Å². The number of nitrogens with two attached hydrogens (primary N) is 1. The summed E-state index contributed by atoms with van der Waals surface area (Å²) in [4.78, 5) is 0. The van der Waals surface area contributed by atoms with Gasteiger partial charge in [-0.3, -0.25) is 0 Å². The molecule has 0 aliphatic carbocycles. The molecule has 1 aromatic rings. The van der Waals surface area contributed by atoms with Crippen molar-refractivity contribution >= 4 is 27.5 Å². The molecule has 0 aliphatic heterocycles. The van der Waals surface area contributed by atoms with E-state index in [9.17, 15) is 5.11 Å². The monoisotopic (exact) mass is 291 g/mol. The van der Waals surface area contributed by atoms with Gasteiger partial charge in [-0.1, -0.05) is 47.4 Å². The van der Waals surface area contributed by atoms with Crippen LogP contribution in [-0.2, 0) is 0 Å². The molecule has 1 aromatic carbocycles. The zero-order chi connectivity index (χ0) is 11.6. The van der Waals surface area contributed by atoms with Crippen LogP contribution in [0.4, 0.5) is 0 Å². The molecule has 4 heteroatoms. The molecule has 0 aromatic heterocycles. The Morgan fingerprint density at radius 3 is 2.60 bits per heavy atom. The molecule has 0 fully saturated rings. The van der Waals surface area contributed by atoms with Crippen LogP contribution in [0, 0.1) is 5.41 Å². The average molecular weight is 293 g/mol. The highest BCUT2D eigenvalue weighted by Gasteiger charge is 2.28. The Morgan fingerprint density at radius 1 is 1.53 bits per heavy atom.